The van der Waals surface area contributed by atoms with Gasteiger partial charge < -0.3 is 19.4 Å². The molecule has 0 unspecified atom stereocenters. The van der Waals surface area contributed by atoms with Crippen molar-refractivity contribution in [2.24, 2.45) is 5.92 Å². The van der Waals surface area contributed by atoms with Crippen molar-refractivity contribution in [2.45, 2.75) is 44.6 Å². The van der Waals surface area contributed by atoms with Gasteiger partial charge in [0.2, 0.25) is 5.91 Å². The second-order valence-electron chi connectivity index (χ2n) is 7.47. The molecule has 3 saturated heterocycles. The van der Waals surface area contributed by atoms with Crippen molar-refractivity contribution in [1.29, 1.82) is 0 Å². The molecule has 5 nitrogen and oxygen atoms in total. The Bertz CT molecular complexity index is 388. The smallest absolute Gasteiger partial charge is 0.248 e. The van der Waals surface area contributed by atoms with Crippen molar-refractivity contribution in [2.75, 3.05) is 59.5 Å². The number of piperidine rings is 2. The van der Waals surface area contributed by atoms with Gasteiger partial charge in [-0.25, -0.2) is 0 Å². The molecule has 0 aromatic carbocycles. The number of carbonyl (C=O) groups excluding carboxylic acids is 1. The Morgan fingerprint density at radius 3 is 2.70 bits per heavy atom. The Balaban J connectivity index is 1.50. The standard InChI is InChI=1S/C18H33N3O2/c1-23-15-18(22)21-11-5-8-19(12-13-21)14-16-6-4-10-20-9-3-2-7-17(16)20/h16-17H,2-15H2,1H3/t16-,17+/m0/s1. The van der Waals surface area contributed by atoms with Gasteiger partial charge in [-0.3, -0.25) is 4.79 Å². The first kappa shape index (κ1) is 17.2. The van der Waals surface area contributed by atoms with Crippen LogP contribution in [0.5, 0.6) is 0 Å². The van der Waals surface area contributed by atoms with Crippen molar-refractivity contribution in [1.82, 2.24) is 14.7 Å². The van der Waals surface area contributed by atoms with Crippen molar-refractivity contribution >= 4 is 5.91 Å². The lowest BCUT2D eigenvalue weighted by Crippen LogP contribution is -2.51. The van der Waals surface area contributed by atoms with Gasteiger partial charge in [0.05, 0.1) is 0 Å². The van der Waals surface area contributed by atoms with Gasteiger partial charge in [0.1, 0.15) is 6.61 Å². The first-order chi connectivity index (χ1) is 11.3. The largest absolute Gasteiger partial charge is 0.375 e. The molecule has 0 bridgehead atoms. The first-order valence-electron chi connectivity index (χ1n) is 9.51. The van der Waals surface area contributed by atoms with Gasteiger partial charge in [-0.2, -0.15) is 0 Å². The van der Waals surface area contributed by atoms with Gasteiger partial charge in [0, 0.05) is 39.3 Å². The average Bonchev–Trinajstić information content (AvgIpc) is 2.81. The molecule has 0 radical (unpaired) electrons. The van der Waals surface area contributed by atoms with Crippen LogP contribution in [0.2, 0.25) is 0 Å². The van der Waals surface area contributed by atoms with Gasteiger partial charge in [-0.15, -0.1) is 0 Å². The summed E-state index contributed by atoms with van der Waals surface area (Å²) in [5.41, 5.74) is 0. The molecular weight excluding hydrogens is 290 g/mol. The van der Waals surface area contributed by atoms with Gasteiger partial charge in [-0.05, 0) is 57.7 Å². The lowest BCUT2D eigenvalue weighted by atomic mass is 9.83. The molecule has 0 spiro atoms. The highest BCUT2D eigenvalue weighted by Crippen LogP contribution is 2.31. The van der Waals surface area contributed by atoms with Crippen LogP contribution in [-0.2, 0) is 9.53 Å². The number of methoxy groups -OCH3 is 1. The Morgan fingerprint density at radius 1 is 0.957 bits per heavy atom. The normalized spacial score (nSPS) is 30.7. The first-order valence-corrected chi connectivity index (χ1v) is 9.51. The highest BCUT2D eigenvalue weighted by Gasteiger charge is 2.34. The Kier molecular flexibility index (Phi) is 6.31. The van der Waals surface area contributed by atoms with E-state index in [1.165, 1.54) is 51.7 Å². The van der Waals surface area contributed by atoms with E-state index in [2.05, 4.69) is 9.80 Å². The number of hydrogen-bond acceptors (Lipinski definition) is 4. The monoisotopic (exact) mass is 323 g/mol. The molecule has 0 saturated carbocycles. The number of amides is 1. The Morgan fingerprint density at radius 2 is 1.83 bits per heavy atom. The average molecular weight is 323 g/mol. The topological polar surface area (TPSA) is 36.0 Å². The number of nitrogens with zero attached hydrogens (tertiary/aromatic N) is 3. The summed E-state index contributed by atoms with van der Waals surface area (Å²) in [4.78, 5) is 19.4. The molecule has 5 heteroatoms. The lowest BCUT2D eigenvalue weighted by molar-refractivity contribution is -0.135. The quantitative estimate of drug-likeness (QED) is 0.784. The fourth-order valence-corrected chi connectivity index (χ4v) is 4.74. The third kappa shape index (κ3) is 4.46. The van der Waals surface area contributed by atoms with Crippen molar-refractivity contribution in [3.8, 4) is 0 Å². The van der Waals surface area contributed by atoms with Crippen LogP contribution in [0, 0.1) is 5.92 Å². The van der Waals surface area contributed by atoms with E-state index in [4.69, 9.17) is 4.74 Å². The Labute approximate surface area is 140 Å². The zero-order valence-corrected chi connectivity index (χ0v) is 14.7. The molecule has 3 rings (SSSR count). The molecule has 0 aromatic heterocycles. The molecule has 3 fully saturated rings. The van der Waals surface area contributed by atoms with Crippen LogP contribution < -0.4 is 0 Å². The summed E-state index contributed by atoms with van der Waals surface area (Å²) in [6.07, 6.45) is 8.06. The SMILES string of the molecule is COCC(=O)N1CCCN(C[C@@H]2CCCN3CCCC[C@H]23)CC1. The van der Waals surface area contributed by atoms with Crippen LogP contribution in [0.1, 0.15) is 38.5 Å². The third-order valence-electron chi connectivity index (χ3n) is 5.93. The zero-order valence-electron chi connectivity index (χ0n) is 14.7. The molecule has 3 aliphatic heterocycles. The molecule has 0 aliphatic carbocycles. The fourth-order valence-electron chi connectivity index (χ4n) is 4.74. The zero-order chi connectivity index (χ0) is 16.1. The maximum atomic E-state index is 12.0. The molecule has 0 N–H and O–H groups in total. The van der Waals surface area contributed by atoms with Crippen LogP contribution >= 0.6 is 0 Å². The summed E-state index contributed by atoms with van der Waals surface area (Å²) in [6, 6.07) is 0.826. The number of rotatable bonds is 4. The maximum absolute atomic E-state index is 12.0. The maximum Gasteiger partial charge on any atom is 0.248 e. The second kappa shape index (κ2) is 8.45. The number of ether oxygens (including phenoxy) is 1. The molecular formula is C18H33N3O2. The molecule has 23 heavy (non-hydrogen) atoms. The van der Waals surface area contributed by atoms with Gasteiger partial charge in [-0.1, -0.05) is 6.42 Å². The molecule has 3 aliphatic rings. The van der Waals surface area contributed by atoms with Crippen LogP contribution in [0.25, 0.3) is 0 Å². The predicted octanol–water partition coefficient (Wildman–Crippen LogP) is 1.43. The highest BCUT2D eigenvalue weighted by molar-refractivity contribution is 5.77. The van der Waals surface area contributed by atoms with Crippen LogP contribution in [-0.4, -0.2) is 86.2 Å². The van der Waals surface area contributed by atoms with Crippen molar-refractivity contribution in [3.05, 3.63) is 0 Å². The highest BCUT2D eigenvalue weighted by atomic mass is 16.5. The van der Waals surface area contributed by atoms with E-state index in [1.807, 2.05) is 4.90 Å². The molecule has 3 heterocycles. The van der Waals surface area contributed by atoms with E-state index in [0.29, 0.717) is 0 Å². The predicted molar refractivity (Wildman–Crippen MR) is 91.4 cm³/mol. The fraction of sp³-hybridized carbons (Fsp3) is 0.944. The summed E-state index contributed by atoms with van der Waals surface area (Å²) in [5, 5.41) is 0. The molecule has 2 atom stereocenters. The van der Waals surface area contributed by atoms with E-state index in [9.17, 15) is 4.79 Å². The van der Waals surface area contributed by atoms with Gasteiger partial charge >= 0.3 is 0 Å². The van der Waals surface area contributed by atoms with E-state index < -0.39 is 0 Å². The Hall–Kier alpha value is -0.650. The van der Waals surface area contributed by atoms with E-state index >= 15 is 0 Å². The third-order valence-corrected chi connectivity index (χ3v) is 5.93. The van der Waals surface area contributed by atoms with E-state index in [-0.39, 0.29) is 12.5 Å². The number of hydrogen-bond donors (Lipinski definition) is 0. The minimum Gasteiger partial charge on any atom is -0.375 e. The summed E-state index contributed by atoms with van der Waals surface area (Å²) >= 11 is 0. The van der Waals surface area contributed by atoms with E-state index in [1.54, 1.807) is 7.11 Å². The second-order valence-corrected chi connectivity index (χ2v) is 7.47. The molecule has 0 aromatic rings. The van der Waals surface area contributed by atoms with Crippen molar-refractivity contribution < 1.29 is 9.53 Å². The summed E-state index contributed by atoms with van der Waals surface area (Å²) in [6.45, 7) is 8.01. The molecule has 1 amide bonds. The van der Waals surface area contributed by atoms with Crippen molar-refractivity contribution in [3.63, 3.8) is 0 Å². The van der Waals surface area contributed by atoms with Crippen LogP contribution in [0.4, 0.5) is 0 Å². The number of fused-ring (bicyclic) bond motifs is 1. The molecule has 132 valence electrons. The number of carbonyl (C=O) groups is 1. The summed E-state index contributed by atoms with van der Waals surface area (Å²) in [7, 11) is 1.60. The van der Waals surface area contributed by atoms with Gasteiger partial charge in [0.15, 0.2) is 0 Å². The van der Waals surface area contributed by atoms with Crippen LogP contribution in [0.3, 0.4) is 0 Å². The minimum absolute atomic E-state index is 0.144. The van der Waals surface area contributed by atoms with Crippen LogP contribution in [0.15, 0.2) is 0 Å². The lowest BCUT2D eigenvalue weighted by Gasteiger charge is -2.45. The summed E-state index contributed by atoms with van der Waals surface area (Å²) < 4.78 is 4.99. The van der Waals surface area contributed by atoms with Gasteiger partial charge in [0.25, 0.3) is 0 Å². The van der Waals surface area contributed by atoms with E-state index in [0.717, 1.165) is 44.6 Å². The minimum atomic E-state index is 0.144. The summed E-state index contributed by atoms with van der Waals surface area (Å²) in [5.74, 6) is 0.982.